The van der Waals surface area contributed by atoms with E-state index >= 15 is 0 Å². The first-order valence-electron chi connectivity index (χ1n) is 9.05. The van der Waals surface area contributed by atoms with E-state index in [1.165, 1.54) is 10.9 Å². The Morgan fingerprint density at radius 1 is 1.19 bits per heavy atom. The molecule has 0 unspecified atom stereocenters. The van der Waals surface area contributed by atoms with E-state index in [-0.39, 0.29) is 11.9 Å². The highest BCUT2D eigenvalue weighted by Gasteiger charge is 2.41. The van der Waals surface area contributed by atoms with Gasteiger partial charge in [-0.15, -0.1) is 0 Å². The van der Waals surface area contributed by atoms with Crippen LogP contribution in [0.2, 0.25) is 0 Å². The van der Waals surface area contributed by atoms with Gasteiger partial charge >= 0.3 is 0 Å². The van der Waals surface area contributed by atoms with Crippen molar-refractivity contribution in [2.24, 2.45) is 0 Å². The summed E-state index contributed by atoms with van der Waals surface area (Å²) in [6, 6.07) is 12.0. The minimum absolute atomic E-state index is 0.0250. The Balaban J connectivity index is 1.50. The fourth-order valence-electron chi connectivity index (χ4n) is 4.04. The number of amides is 1. The zero-order valence-electron chi connectivity index (χ0n) is 14.9. The van der Waals surface area contributed by atoms with Crippen LogP contribution in [0.5, 0.6) is 0 Å². The normalized spacial score (nSPS) is 16.3. The third-order valence-corrected chi connectivity index (χ3v) is 5.34. The van der Waals surface area contributed by atoms with E-state index in [2.05, 4.69) is 32.3 Å². The number of fused-ring (bicyclic) bond motifs is 2. The molecule has 4 aromatic rings. The maximum atomic E-state index is 13.0. The molecule has 5 rings (SSSR count). The monoisotopic (exact) mass is 357 g/mol. The van der Waals surface area contributed by atoms with Crippen molar-refractivity contribution in [1.29, 1.82) is 0 Å². The molecule has 0 bridgehead atoms. The summed E-state index contributed by atoms with van der Waals surface area (Å²) in [6.07, 6.45) is 6.39. The number of hydrogen-bond acceptors (Lipinski definition) is 3. The number of aromatic amines is 2. The largest absolute Gasteiger partial charge is 0.361 e. The van der Waals surface area contributed by atoms with Crippen molar-refractivity contribution in [1.82, 2.24) is 25.1 Å². The van der Waals surface area contributed by atoms with Gasteiger partial charge in [0.1, 0.15) is 0 Å². The van der Waals surface area contributed by atoms with Crippen molar-refractivity contribution in [3.63, 3.8) is 0 Å². The van der Waals surface area contributed by atoms with E-state index < -0.39 is 0 Å². The van der Waals surface area contributed by atoms with Crippen LogP contribution < -0.4 is 0 Å². The number of carbonyl (C=O) groups is 1. The number of rotatable bonds is 4. The van der Waals surface area contributed by atoms with Crippen molar-refractivity contribution >= 4 is 16.8 Å². The quantitative estimate of drug-likeness (QED) is 0.588. The SMILES string of the molecule is Cc1[nH]nc2c1[C@H](c1cccnc1)N(CCc1c[nH]c3ccccc13)C2=O. The number of nitrogens with one attached hydrogen (secondary N) is 2. The molecule has 0 saturated heterocycles. The number of para-hydroxylation sites is 1. The number of aryl methyl sites for hydroxylation is 1. The van der Waals surface area contributed by atoms with Gasteiger partial charge in [0.05, 0.1) is 6.04 Å². The van der Waals surface area contributed by atoms with Crippen molar-refractivity contribution < 1.29 is 4.79 Å². The third-order valence-electron chi connectivity index (χ3n) is 5.34. The van der Waals surface area contributed by atoms with Crippen molar-refractivity contribution in [2.75, 3.05) is 6.54 Å². The summed E-state index contributed by atoms with van der Waals surface area (Å²) >= 11 is 0. The number of pyridine rings is 1. The first-order chi connectivity index (χ1) is 13.2. The van der Waals surface area contributed by atoms with Gasteiger partial charge in [-0.25, -0.2) is 0 Å². The number of H-pyrrole nitrogens is 2. The standard InChI is InChI=1S/C21H19N5O/c1-13-18-19(25-24-13)21(27)26(20(18)15-5-4-9-22-11-15)10-8-14-12-23-17-7-3-2-6-16(14)17/h2-7,9,11-12,20,23H,8,10H2,1H3,(H,24,25)/t20-/m0/s1. The molecule has 1 aliphatic rings. The molecule has 2 N–H and O–H groups in total. The molecule has 3 aromatic heterocycles. The summed E-state index contributed by atoms with van der Waals surface area (Å²) in [5.74, 6) is -0.0250. The summed E-state index contributed by atoms with van der Waals surface area (Å²) in [6.45, 7) is 2.59. The number of aromatic nitrogens is 4. The Morgan fingerprint density at radius 2 is 2.07 bits per heavy atom. The predicted molar refractivity (Wildman–Crippen MR) is 102 cm³/mol. The molecule has 0 aliphatic carbocycles. The molecule has 0 saturated carbocycles. The molecule has 0 spiro atoms. The fraction of sp³-hybridized carbons (Fsp3) is 0.190. The smallest absolute Gasteiger partial charge is 0.275 e. The molecule has 0 radical (unpaired) electrons. The first-order valence-corrected chi connectivity index (χ1v) is 9.05. The Hall–Kier alpha value is -3.41. The van der Waals surface area contributed by atoms with Crippen LogP contribution in [0.4, 0.5) is 0 Å². The Morgan fingerprint density at radius 3 is 2.93 bits per heavy atom. The first kappa shape index (κ1) is 15.8. The molecule has 1 aromatic carbocycles. The van der Waals surface area contributed by atoms with Crippen LogP contribution in [0.15, 0.2) is 55.0 Å². The third kappa shape index (κ3) is 2.44. The zero-order chi connectivity index (χ0) is 18.4. The van der Waals surface area contributed by atoms with Gasteiger partial charge in [-0.1, -0.05) is 24.3 Å². The van der Waals surface area contributed by atoms with E-state index in [4.69, 9.17) is 0 Å². The Bertz CT molecular complexity index is 1130. The summed E-state index contributed by atoms with van der Waals surface area (Å²) < 4.78 is 0. The molecule has 27 heavy (non-hydrogen) atoms. The van der Waals surface area contributed by atoms with Crippen LogP contribution in [0.25, 0.3) is 10.9 Å². The van der Waals surface area contributed by atoms with Gasteiger partial charge in [0.2, 0.25) is 0 Å². The van der Waals surface area contributed by atoms with E-state index in [1.807, 2.05) is 48.5 Å². The predicted octanol–water partition coefficient (Wildman–Crippen LogP) is 3.38. The molecule has 6 heteroatoms. The minimum atomic E-state index is -0.148. The van der Waals surface area contributed by atoms with Gasteiger partial charge in [-0.3, -0.25) is 14.9 Å². The molecule has 1 atom stereocenters. The molecular weight excluding hydrogens is 338 g/mol. The lowest BCUT2D eigenvalue weighted by Gasteiger charge is -2.26. The van der Waals surface area contributed by atoms with Gasteiger partial charge in [-0.2, -0.15) is 5.10 Å². The van der Waals surface area contributed by atoms with Crippen LogP contribution in [0.3, 0.4) is 0 Å². The van der Waals surface area contributed by atoms with Crippen LogP contribution in [0.1, 0.15) is 38.9 Å². The average molecular weight is 357 g/mol. The second kappa shape index (κ2) is 6.09. The van der Waals surface area contributed by atoms with E-state index in [1.54, 1.807) is 6.20 Å². The second-order valence-electron chi connectivity index (χ2n) is 6.91. The van der Waals surface area contributed by atoms with Gasteiger partial charge in [0.15, 0.2) is 5.69 Å². The van der Waals surface area contributed by atoms with Crippen LogP contribution >= 0.6 is 0 Å². The maximum Gasteiger partial charge on any atom is 0.275 e. The molecule has 0 fully saturated rings. The highest BCUT2D eigenvalue weighted by atomic mass is 16.2. The zero-order valence-corrected chi connectivity index (χ0v) is 14.9. The maximum absolute atomic E-state index is 13.0. The molecule has 134 valence electrons. The van der Waals surface area contributed by atoms with Crippen molar-refractivity contribution in [2.45, 2.75) is 19.4 Å². The van der Waals surface area contributed by atoms with Crippen LogP contribution in [0, 0.1) is 6.92 Å². The Kier molecular flexibility index (Phi) is 3.57. The second-order valence-corrected chi connectivity index (χ2v) is 6.91. The number of benzene rings is 1. The highest BCUT2D eigenvalue weighted by molar-refractivity contribution is 5.98. The molecular formula is C21H19N5O. The summed E-state index contributed by atoms with van der Waals surface area (Å²) in [5, 5.41) is 8.42. The fourth-order valence-corrected chi connectivity index (χ4v) is 4.04. The summed E-state index contributed by atoms with van der Waals surface area (Å²) in [5.41, 5.74) is 5.77. The van der Waals surface area contributed by atoms with Crippen molar-refractivity contribution in [3.8, 4) is 0 Å². The topological polar surface area (TPSA) is 77.7 Å². The molecule has 1 amide bonds. The van der Waals surface area contributed by atoms with E-state index in [0.29, 0.717) is 12.2 Å². The minimum Gasteiger partial charge on any atom is -0.361 e. The summed E-state index contributed by atoms with van der Waals surface area (Å²) in [4.78, 5) is 22.5. The van der Waals surface area contributed by atoms with E-state index in [9.17, 15) is 4.79 Å². The molecule has 4 heterocycles. The van der Waals surface area contributed by atoms with Gasteiger partial charge < -0.3 is 9.88 Å². The van der Waals surface area contributed by atoms with Crippen LogP contribution in [-0.2, 0) is 6.42 Å². The summed E-state index contributed by atoms with van der Waals surface area (Å²) in [7, 11) is 0. The molecule has 1 aliphatic heterocycles. The lowest BCUT2D eigenvalue weighted by Crippen LogP contribution is -2.31. The Labute approximate surface area is 156 Å². The van der Waals surface area contributed by atoms with Crippen molar-refractivity contribution in [3.05, 3.63) is 83.1 Å². The van der Waals surface area contributed by atoms with Gasteiger partial charge in [0, 0.05) is 47.3 Å². The highest BCUT2D eigenvalue weighted by Crippen LogP contribution is 2.39. The van der Waals surface area contributed by atoms with Gasteiger partial charge in [-0.05, 0) is 36.6 Å². The van der Waals surface area contributed by atoms with Gasteiger partial charge in [0.25, 0.3) is 5.91 Å². The number of nitrogens with zero attached hydrogens (tertiary/aromatic N) is 3. The lowest BCUT2D eigenvalue weighted by molar-refractivity contribution is 0.0745. The molecule has 6 nitrogen and oxygen atoms in total. The van der Waals surface area contributed by atoms with Crippen LogP contribution in [-0.4, -0.2) is 37.5 Å². The number of carbonyl (C=O) groups excluding carboxylic acids is 1. The average Bonchev–Trinajstić information content (AvgIpc) is 3.36. The van der Waals surface area contributed by atoms with E-state index in [0.717, 1.165) is 28.8 Å². The lowest BCUT2D eigenvalue weighted by atomic mass is 10.0. The number of hydrogen-bond donors (Lipinski definition) is 2.